The molecule has 0 amide bonds. The first kappa shape index (κ1) is 18.9. The van der Waals surface area contributed by atoms with E-state index in [-0.39, 0.29) is 6.04 Å². The van der Waals surface area contributed by atoms with Gasteiger partial charge in [-0.25, -0.2) is 0 Å². The van der Waals surface area contributed by atoms with Gasteiger partial charge in [0.1, 0.15) is 0 Å². The molecule has 1 saturated heterocycles. The van der Waals surface area contributed by atoms with Gasteiger partial charge >= 0.3 is 12.1 Å². The van der Waals surface area contributed by atoms with E-state index in [9.17, 15) is 23.1 Å². The number of halogens is 4. The molecule has 1 fully saturated rings. The molecule has 0 aliphatic carbocycles. The summed E-state index contributed by atoms with van der Waals surface area (Å²) in [7, 11) is 0. The van der Waals surface area contributed by atoms with Gasteiger partial charge in [-0.1, -0.05) is 11.6 Å². The van der Waals surface area contributed by atoms with E-state index in [4.69, 9.17) is 11.6 Å². The van der Waals surface area contributed by atoms with Crippen LogP contribution in [0.2, 0.25) is 5.02 Å². The first-order chi connectivity index (χ1) is 13.2. The summed E-state index contributed by atoms with van der Waals surface area (Å²) in [6, 6.07) is 10.4. The lowest BCUT2D eigenvalue weighted by molar-refractivity contribution is -0.142. The van der Waals surface area contributed by atoms with Gasteiger partial charge in [0.15, 0.2) is 0 Å². The number of fused-ring (bicyclic) bond motifs is 3. The van der Waals surface area contributed by atoms with E-state index >= 15 is 0 Å². The third-order valence-corrected chi connectivity index (χ3v) is 5.74. The fraction of sp³-hybridized carbons (Fsp3) is 0.350. The van der Waals surface area contributed by atoms with Crippen molar-refractivity contribution in [3.63, 3.8) is 0 Å². The molecule has 2 aliphatic heterocycles. The SMILES string of the molecule is O=C(O)C1CCN2c3cc(Cl)ccc3N(c3ccc(C(F)(F)F)cc3)CC2C1. The molecule has 148 valence electrons. The number of hydrogen-bond acceptors (Lipinski definition) is 3. The molecule has 2 aromatic rings. The van der Waals surface area contributed by atoms with Gasteiger partial charge in [-0.15, -0.1) is 0 Å². The molecule has 4 nitrogen and oxygen atoms in total. The maximum atomic E-state index is 12.9. The second-order valence-electron chi connectivity index (χ2n) is 7.20. The van der Waals surface area contributed by atoms with Crippen molar-refractivity contribution < 1.29 is 23.1 Å². The molecule has 0 radical (unpaired) electrons. The summed E-state index contributed by atoms with van der Waals surface area (Å²) in [4.78, 5) is 15.6. The third-order valence-electron chi connectivity index (χ3n) is 5.50. The van der Waals surface area contributed by atoms with Gasteiger partial charge < -0.3 is 14.9 Å². The number of hydrogen-bond donors (Lipinski definition) is 1. The highest BCUT2D eigenvalue weighted by Crippen LogP contribution is 2.44. The van der Waals surface area contributed by atoms with E-state index in [0.717, 1.165) is 23.5 Å². The van der Waals surface area contributed by atoms with Crippen molar-refractivity contribution in [3.05, 3.63) is 53.1 Å². The Bertz CT molecular complexity index is 901. The maximum Gasteiger partial charge on any atom is 0.416 e. The zero-order chi connectivity index (χ0) is 20.1. The molecule has 2 heterocycles. The minimum Gasteiger partial charge on any atom is -0.481 e. The zero-order valence-electron chi connectivity index (χ0n) is 14.8. The standard InChI is InChI=1S/C20H18ClF3N2O2/c21-14-3-6-17-18(10-14)25-8-7-12(19(27)28)9-16(25)11-26(17)15-4-1-13(2-5-15)20(22,23)24/h1-6,10,12,16H,7-9,11H2,(H,27,28). The van der Waals surface area contributed by atoms with Crippen molar-refractivity contribution in [2.24, 2.45) is 5.92 Å². The van der Waals surface area contributed by atoms with E-state index in [0.29, 0.717) is 36.6 Å². The molecule has 4 rings (SSSR count). The van der Waals surface area contributed by atoms with Crippen LogP contribution < -0.4 is 9.80 Å². The smallest absolute Gasteiger partial charge is 0.416 e. The van der Waals surface area contributed by atoms with Gasteiger partial charge in [0.05, 0.1) is 22.9 Å². The summed E-state index contributed by atoms with van der Waals surface area (Å²) in [5.74, 6) is -1.23. The molecule has 0 bridgehead atoms. The number of nitrogens with zero attached hydrogens (tertiary/aromatic N) is 2. The average molecular weight is 411 g/mol. The van der Waals surface area contributed by atoms with Crippen molar-refractivity contribution in [1.29, 1.82) is 0 Å². The number of carbonyl (C=O) groups is 1. The van der Waals surface area contributed by atoms with Crippen LogP contribution in [0.1, 0.15) is 18.4 Å². The van der Waals surface area contributed by atoms with Gasteiger partial charge in [0, 0.05) is 29.8 Å². The molecular formula is C20H18ClF3N2O2. The van der Waals surface area contributed by atoms with Crippen LogP contribution in [0.4, 0.5) is 30.2 Å². The van der Waals surface area contributed by atoms with Crippen molar-refractivity contribution in [1.82, 2.24) is 0 Å². The van der Waals surface area contributed by atoms with Crippen LogP contribution in [0.15, 0.2) is 42.5 Å². The monoisotopic (exact) mass is 410 g/mol. The van der Waals surface area contributed by atoms with Crippen molar-refractivity contribution in [2.45, 2.75) is 25.1 Å². The minimum atomic E-state index is -4.39. The molecule has 28 heavy (non-hydrogen) atoms. The number of alkyl halides is 3. The highest BCUT2D eigenvalue weighted by Gasteiger charge is 2.38. The lowest BCUT2D eigenvalue weighted by atomic mass is 9.88. The summed E-state index contributed by atoms with van der Waals surface area (Å²) in [5.41, 5.74) is 1.67. The summed E-state index contributed by atoms with van der Waals surface area (Å²) in [6.45, 7) is 1.11. The van der Waals surface area contributed by atoms with Gasteiger partial charge in [0.2, 0.25) is 0 Å². The van der Waals surface area contributed by atoms with E-state index in [1.807, 2.05) is 17.0 Å². The quantitative estimate of drug-likeness (QED) is 0.740. The molecule has 0 aromatic heterocycles. The van der Waals surface area contributed by atoms with E-state index in [2.05, 4.69) is 4.90 Å². The number of anilines is 3. The highest BCUT2D eigenvalue weighted by atomic mass is 35.5. The van der Waals surface area contributed by atoms with Crippen LogP contribution in [-0.4, -0.2) is 30.2 Å². The molecule has 2 aromatic carbocycles. The normalized spacial score (nSPS) is 21.9. The minimum absolute atomic E-state index is 0.0527. The number of carboxylic acids is 1. The van der Waals surface area contributed by atoms with Crippen LogP contribution in [-0.2, 0) is 11.0 Å². The third kappa shape index (κ3) is 3.39. The number of aliphatic carboxylic acids is 1. The van der Waals surface area contributed by atoms with Crippen LogP contribution in [0, 0.1) is 5.92 Å². The molecule has 8 heteroatoms. The molecule has 0 saturated carbocycles. The first-order valence-corrected chi connectivity index (χ1v) is 9.35. The second kappa shape index (κ2) is 6.88. The van der Waals surface area contributed by atoms with Crippen molar-refractivity contribution >= 4 is 34.6 Å². The number of carboxylic acid groups (broad SMARTS) is 1. The van der Waals surface area contributed by atoms with E-state index in [1.165, 1.54) is 12.1 Å². The first-order valence-electron chi connectivity index (χ1n) is 8.98. The fourth-order valence-corrected chi connectivity index (χ4v) is 4.27. The summed E-state index contributed by atoms with van der Waals surface area (Å²) in [5, 5.41) is 9.96. The number of piperidine rings is 1. The second-order valence-corrected chi connectivity index (χ2v) is 7.63. The lowest BCUT2D eigenvalue weighted by Crippen LogP contribution is -2.52. The predicted molar refractivity (Wildman–Crippen MR) is 101 cm³/mol. The van der Waals surface area contributed by atoms with E-state index < -0.39 is 23.6 Å². The Morgan fingerprint density at radius 3 is 2.46 bits per heavy atom. The Morgan fingerprint density at radius 1 is 1.11 bits per heavy atom. The largest absolute Gasteiger partial charge is 0.481 e. The Balaban J connectivity index is 1.72. The van der Waals surface area contributed by atoms with Gasteiger partial charge in [-0.2, -0.15) is 13.2 Å². The molecule has 2 atom stereocenters. The lowest BCUT2D eigenvalue weighted by Gasteiger charge is -2.48. The zero-order valence-corrected chi connectivity index (χ0v) is 15.5. The number of benzene rings is 2. The van der Waals surface area contributed by atoms with Crippen LogP contribution >= 0.6 is 11.6 Å². The Hall–Kier alpha value is -2.41. The number of rotatable bonds is 2. The van der Waals surface area contributed by atoms with Gasteiger partial charge in [0.25, 0.3) is 0 Å². The van der Waals surface area contributed by atoms with Crippen molar-refractivity contribution in [3.8, 4) is 0 Å². The highest BCUT2D eigenvalue weighted by molar-refractivity contribution is 6.31. The summed E-state index contributed by atoms with van der Waals surface area (Å²) < 4.78 is 38.7. The predicted octanol–water partition coefficient (Wildman–Crippen LogP) is 5.18. The van der Waals surface area contributed by atoms with E-state index in [1.54, 1.807) is 6.07 Å². The van der Waals surface area contributed by atoms with Crippen LogP contribution in [0.3, 0.4) is 0 Å². The topological polar surface area (TPSA) is 43.8 Å². The molecule has 0 spiro atoms. The summed E-state index contributed by atoms with van der Waals surface area (Å²) >= 11 is 6.19. The molecule has 2 aliphatic rings. The van der Waals surface area contributed by atoms with Crippen LogP contribution in [0.5, 0.6) is 0 Å². The molecular weight excluding hydrogens is 393 g/mol. The maximum absolute atomic E-state index is 12.9. The Kier molecular flexibility index (Phi) is 4.65. The van der Waals surface area contributed by atoms with Gasteiger partial charge in [-0.3, -0.25) is 4.79 Å². The Morgan fingerprint density at radius 2 is 1.82 bits per heavy atom. The van der Waals surface area contributed by atoms with Crippen LogP contribution in [0.25, 0.3) is 0 Å². The molecule has 2 unspecified atom stereocenters. The fourth-order valence-electron chi connectivity index (χ4n) is 4.10. The average Bonchev–Trinajstić information content (AvgIpc) is 2.66. The Labute approximate surface area is 165 Å². The van der Waals surface area contributed by atoms with Crippen molar-refractivity contribution in [2.75, 3.05) is 22.9 Å². The van der Waals surface area contributed by atoms with Gasteiger partial charge in [-0.05, 0) is 55.3 Å². The molecule has 1 N–H and O–H groups in total. The summed E-state index contributed by atoms with van der Waals surface area (Å²) in [6.07, 6.45) is -3.35.